The first-order valence-electron chi connectivity index (χ1n) is 8.19. The fourth-order valence-corrected chi connectivity index (χ4v) is 4.39. The lowest BCUT2D eigenvalue weighted by Crippen LogP contribution is -2.15. The molecule has 0 saturated heterocycles. The summed E-state index contributed by atoms with van der Waals surface area (Å²) in [6, 6.07) is 7.54. The molecule has 4 rings (SSSR count). The van der Waals surface area contributed by atoms with Crippen molar-refractivity contribution < 1.29 is 13.6 Å². The molecule has 0 amide bonds. The normalized spacial score (nSPS) is 15.2. The number of carbonyl (C=O) groups is 1. The fourth-order valence-electron chi connectivity index (χ4n) is 2.69. The van der Waals surface area contributed by atoms with Crippen molar-refractivity contribution in [2.75, 3.05) is 0 Å². The first-order chi connectivity index (χ1) is 12.5. The van der Waals surface area contributed by atoms with Crippen LogP contribution >= 0.6 is 23.1 Å². The van der Waals surface area contributed by atoms with Crippen LogP contribution in [-0.2, 0) is 0 Å². The number of nitrogens with zero attached hydrogens (tertiary/aromatic N) is 3. The second-order valence-corrected chi connectivity index (χ2v) is 8.39. The van der Waals surface area contributed by atoms with E-state index in [0.29, 0.717) is 11.2 Å². The van der Waals surface area contributed by atoms with Crippen LogP contribution in [0.25, 0.3) is 10.7 Å². The number of ketones is 1. The van der Waals surface area contributed by atoms with Crippen LogP contribution in [0.5, 0.6) is 0 Å². The predicted octanol–water partition coefficient (Wildman–Crippen LogP) is 4.98. The molecule has 134 valence electrons. The topological polar surface area (TPSA) is 47.8 Å². The van der Waals surface area contributed by atoms with Crippen LogP contribution in [0.4, 0.5) is 8.78 Å². The summed E-state index contributed by atoms with van der Waals surface area (Å²) in [5.74, 6) is -1.43. The third kappa shape index (κ3) is 3.31. The Kier molecular flexibility index (Phi) is 4.62. The summed E-state index contributed by atoms with van der Waals surface area (Å²) in [6.07, 6.45) is 2.13. The van der Waals surface area contributed by atoms with Gasteiger partial charge in [0.1, 0.15) is 0 Å². The maximum Gasteiger partial charge on any atom is 0.192 e. The van der Waals surface area contributed by atoms with Crippen molar-refractivity contribution in [3.05, 3.63) is 52.9 Å². The molecule has 4 nitrogen and oxygen atoms in total. The van der Waals surface area contributed by atoms with Crippen LogP contribution in [0.3, 0.4) is 0 Å². The van der Waals surface area contributed by atoms with Gasteiger partial charge in [0.15, 0.2) is 28.4 Å². The molecule has 2 heterocycles. The molecule has 1 atom stereocenters. The Balaban J connectivity index is 1.59. The Bertz CT molecular complexity index is 952. The van der Waals surface area contributed by atoms with Gasteiger partial charge in [-0.25, -0.2) is 8.78 Å². The molecule has 1 fully saturated rings. The van der Waals surface area contributed by atoms with E-state index in [-0.39, 0.29) is 11.3 Å². The third-order valence-electron chi connectivity index (χ3n) is 4.17. The van der Waals surface area contributed by atoms with Gasteiger partial charge in [-0.1, -0.05) is 17.8 Å². The van der Waals surface area contributed by atoms with Gasteiger partial charge in [0.25, 0.3) is 0 Å². The first-order valence-corrected chi connectivity index (χ1v) is 9.95. The smallest absolute Gasteiger partial charge is 0.192 e. The molecular formula is C18H15F2N3OS2. The maximum absolute atomic E-state index is 13.4. The van der Waals surface area contributed by atoms with Gasteiger partial charge >= 0.3 is 0 Å². The van der Waals surface area contributed by atoms with Crippen molar-refractivity contribution in [2.24, 2.45) is 0 Å². The maximum atomic E-state index is 13.4. The minimum atomic E-state index is -1.02. The summed E-state index contributed by atoms with van der Waals surface area (Å²) >= 11 is 2.89. The van der Waals surface area contributed by atoms with Gasteiger partial charge in [0.05, 0.1) is 10.1 Å². The molecule has 0 spiro atoms. The average Bonchev–Trinajstić information content (AvgIpc) is 3.16. The Hall–Kier alpha value is -2.06. The minimum Gasteiger partial charge on any atom is -0.298 e. The van der Waals surface area contributed by atoms with Gasteiger partial charge in [-0.2, -0.15) is 0 Å². The number of hydrogen-bond acceptors (Lipinski definition) is 5. The summed E-state index contributed by atoms with van der Waals surface area (Å²) < 4.78 is 28.6. The number of aromatic nitrogens is 3. The quantitative estimate of drug-likeness (QED) is 0.439. The number of Topliss-reactive ketones (excluding diaryl/α,β-unsaturated/α-hetero) is 1. The minimum absolute atomic E-state index is 0.153. The summed E-state index contributed by atoms with van der Waals surface area (Å²) in [6.45, 7) is 1.74. The highest BCUT2D eigenvalue weighted by Gasteiger charge is 2.32. The second-order valence-electron chi connectivity index (χ2n) is 6.14. The Labute approximate surface area is 157 Å². The molecule has 1 unspecified atom stereocenters. The number of thiophene rings is 1. The molecule has 1 aliphatic carbocycles. The first kappa shape index (κ1) is 17.4. The fraction of sp³-hybridized carbons (Fsp3) is 0.278. The molecule has 3 aromatic rings. The van der Waals surface area contributed by atoms with Crippen LogP contribution in [0.1, 0.15) is 36.2 Å². The molecule has 1 saturated carbocycles. The lowest BCUT2D eigenvalue weighted by Gasteiger charge is -2.12. The van der Waals surface area contributed by atoms with Crippen molar-refractivity contribution in [3.63, 3.8) is 0 Å². The number of halogens is 2. The number of carbonyl (C=O) groups excluding carboxylic acids is 1. The molecule has 0 radical (unpaired) electrons. The van der Waals surface area contributed by atoms with Crippen LogP contribution in [-0.4, -0.2) is 25.8 Å². The molecule has 1 aliphatic rings. The van der Waals surface area contributed by atoms with E-state index in [9.17, 15) is 13.6 Å². The van der Waals surface area contributed by atoms with Crippen LogP contribution in [0, 0.1) is 11.6 Å². The lowest BCUT2D eigenvalue weighted by atomic mass is 10.1. The van der Waals surface area contributed by atoms with Crippen molar-refractivity contribution in [1.29, 1.82) is 0 Å². The van der Waals surface area contributed by atoms with Gasteiger partial charge < -0.3 is 0 Å². The van der Waals surface area contributed by atoms with Gasteiger partial charge in [-0.3, -0.25) is 9.36 Å². The van der Waals surface area contributed by atoms with E-state index in [2.05, 4.69) is 14.8 Å². The van der Waals surface area contributed by atoms with E-state index in [4.69, 9.17) is 0 Å². The summed E-state index contributed by atoms with van der Waals surface area (Å²) in [7, 11) is 0. The Morgan fingerprint density at radius 2 is 2.08 bits per heavy atom. The van der Waals surface area contributed by atoms with Crippen molar-refractivity contribution in [2.45, 2.75) is 36.2 Å². The van der Waals surface area contributed by atoms with E-state index in [1.807, 2.05) is 17.5 Å². The van der Waals surface area contributed by atoms with Gasteiger partial charge in [0.2, 0.25) is 0 Å². The van der Waals surface area contributed by atoms with E-state index < -0.39 is 16.9 Å². The second kappa shape index (κ2) is 6.92. The van der Waals surface area contributed by atoms with Crippen LogP contribution < -0.4 is 0 Å². The van der Waals surface area contributed by atoms with E-state index in [1.165, 1.54) is 17.8 Å². The average molecular weight is 391 g/mol. The Morgan fingerprint density at radius 3 is 2.73 bits per heavy atom. The highest BCUT2D eigenvalue weighted by Crippen LogP contribution is 2.42. The highest BCUT2D eigenvalue weighted by molar-refractivity contribution is 8.00. The van der Waals surface area contributed by atoms with Crippen molar-refractivity contribution in [1.82, 2.24) is 14.8 Å². The van der Waals surface area contributed by atoms with E-state index in [1.54, 1.807) is 18.3 Å². The standard InChI is InChI=1S/C18H15F2N3OS2/c1-10(16(24)11-4-7-13(19)14(20)9-11)26-18-22-21-17(15-3-2-8-25-15)23(18)12-5-6-12/h2-4,7-10,12H,5-6H2,1H3. The summed E-state index contributed by atoms with van der Waals surface area (Å²) in [5.41, 5.74) is 0.153. The molecule has 8 heteroatoms. The molecular weight excluding hydrogens is 376 g/mol. The van der Waals surface area contributed by atoms with Crippen LogP contribution in [0.2, 0.25) is 0 Å². The third-order valence-corrected chi connectivity index (χ3v) is 6.10. The molecule has 0 aliphatic heterocycles. The SMILES string of the molecule is CC(Sc1nnc(-c2cccs2)n1C1CC1)C(=O)c1ccc(F)c(F)c1. The molecule has 0 bridgehead atoms. The highest BCUT2D eigenvalue weighted by atomic mass is 32.2. The number of thioether (sulfide) groups is 1. The summed E-state index contributed by atoms with van der Waals surface area (Å²) in [4.78, 5) is 13.6. The van der Waals surface area contributed by atoms with E-state index in [0.717, 1.165) is 35.7 Å². The van der Waals surface area contributed by atoms with Crippen molar-refractivity contribution in [3.8, 4) is 10.7 Å². The van der Waals surface area contributed by atoms with Gasteiger partial charge in [0, 0.05) is 11.6 Å². The van der Waals surface area contributed by atoms with Gasteiger partial charge in [-0.15, -0.1) is 21.5 Å². The largest absolute Gasteiger partial charge is 0.298 e. The number of rotatable bonds is 6. The predicted molar refractivity (Wildman–Crippen MR) is 97.6 cm³/mol. The number of benzene rings is 1. The number of hydrogen-bond donors (Lipinski definition) is 0. The van der Waals surface area contributed by atoms with Crippen LogP contribution in [0.15, 0.2) is 40.9 Å². The van der Waals surface area contributed by atoms with E-state index >= 15 is 0 Å². The Morgan fingerprint density at radius 1 is 1.27 bits per heavy atom. The monoisotopic (exact) mass is 391 g/mol. The molecule has 2 aromatic heterocycles. The molecule has 26 heavy (non-hydrogen) atoms. The zero-order valence-electron chi connectivity index (χ0n) is 13.9. The molecule has 1 aromatic carbocycles. The zero-order chi connectivity index (χ0) is 18.3. The summed E-state index contributed by atoms with van der Waals surface area (Å²) in [5, 5.41) is 10.8. The van der Waals surface area contributed by atoms with Gasteiger partial charge in [-0.05, 0) is 49.4 Å². The molecule has 0 N–H and O–H groups in total. The van der Waals surface area contributed by atoms with Crippen molar-refractivity contribution >= 4 is 28.9 Å². The lowest BCUT2D eigenvalue weighted by molar-refractivity contribution is 0.0993. The zero-order valence-corrected chi connectivity index (χ0v) is 15.5.